The third-order valence-corrected chi connectivity index (χ3v) is 4.95. The van der Waals surface area contributed by atoms with Crippen molar-refractivity contribution in [1.82, 2.24) is 9.82 Å². The zero-order valence-electron chi connectivity index (χ0n) is 14.7. The number of sulfonamides is 1. The highest BCUT2D eigenvalue weighted by Gasteiger charge is 2.11. The quantitative estimate of drug-likeness (QED) is 0.503. The number of pyridine rings is 1. The molecule has 0 amide bonds. The van der Waals surface area contributed by atoms with Crippen LogP contribution in [0.2, 0.25) is 0 Å². The van der Waals surface area contributed by atoms with Gasteiger partial charge in [0, 0.05) is 0 Å². The molecule has 6 nitrogen and oxygen atoms in total. The molecule has 1 aromatic heterocycles. The Labute approximate surface area is 158 Å². The molecule has 0 aliphatic rings. The average Bonchev–Trinajstić information content (AvgIpc) is 2.68. The van der Waals surface area contributed by atoms with Gasteiger partial charge in [-0.1, -0.05) is 48.0 Å². The molecule has 0 unspecified atom stereocenters. The van der Waals surface area contributed by atoms with Crippen molar-refractivity contribution in [2.24, 2.45) is 5.10 Å². The van der Waals surface area contributed by atoms with Gasteiger partial charge in [0.25, 0.3) is 10.0 Å². The first-order valence-electron chi connectivity index (χ1n) is 8.27. The number of hydrogen-bond donors (Lipinski definition) is 1. The highest BCUT2D eigenvalue weighted by Crippen LogP contribution is 2.12. The van der Waals surface area contributed by atoms with Gasteiger partial charge >= 0.3 is 0 Å². The molecule has 0 aliphatic carbocycles. The number of ether oxygens (including phenoxy) is 1. The van der Waals surface area contributed by atoms with E-state index in [4.69, 9.17) is 4.74 Å². The molecule has 7 heteroatoms. The summed E-state index contributed by atoms with van der Waals surface area (Å²) in [6, 6.07) is 19.8. The summed E-state index contributed by atoms with van der Waals surface area (Å²) in [5.74, 6) is 0.622. The van der Waals surface area contributed by atoms with E-state index in [1.54, 1.807) is 30.5 Å². The van der Waals surface area contributed by atoms with Gasteiger partial charge in [-0.05, 0) is 36.8 Å². The fourth-order valence-corrected chi connectivity index (χ4v) is 3.02. The van der Waals surface area contributed by atoms with E-state index in [0.717, 1.165) is 11.1 Å². The maximum atomic E-state index is 12.1. The molecular weight excluding hydrogens is 362 g/mol. The Bertz CT molecular complexity index is 1000. The largest absolute Gasteiger partial charge is 0.487 e. The lowest BCUT2D eigenvalue weighted by atomic mass is 10.2. The van der Waals surface area contributed by atoms with E-state index in [2.05, 4.69) is 14.9 Å². The summed E-state index contributed by atoms with van der Waals surface area (Å²) >= 11 is 0. The monoisotopic (exact) mass is 381 g/mol. The van der Waals surface area contributed by atoms with Gasteiger partial charge in [0.05, 0.1) is 23.0 Å². The third-order valence-electron chi connectivity index (χ3n) is 3.71. The van der Waals surface area contributed by atoms with Gasteiger partial charge in [0.15, 0.2) is 0 Å². The molecule has 0 aliphatic heterocycles. The van der Waals surface area contributed by atoms with E-state index >= 15 is 0 Å². The smallest absolute Gasteiger partial charge is 0.276 e. The molecule has 2 aromatic carbocycles. The van der Waals surface area contributed by atoms with Crippen LogP contribution in [0.25, 0.3) is 0 Å². The summed E-state index contributed by atoms with van der Waals surface area (Å²) in [7, 11) is -3.69. The van der Waals surface area contributed by atoms with Gasteiger partial charge in [0.1, 0.15) is 12.4 Å². The lowest BCUT2D eigenvalue weighted by Crippen LogP contribution is -2.18. The van der Waals surface area contributed by atoms with Crippen LogP contribution in [0.15, 0.2) is 82.9 Å². The van der Waals surface area contributed by atoms with E-state index in [9.17, 15) is 8.42 Å². The van der Waals surface area contributed by atoms with Crippen LogP contribution >= 0.6 is 0 Å². The minimum atomic E-state index is -3.69. The maximum Gasteiger partial charge on any atom is 0.276 e. The summed E-state index contributed by atoms with van der Waals surface area (Å²) < 4.78 is 29.9. The van der Waals surface area contributed by atoms with Crippen LogP contribution in [0.1, 0.15) is 16.8 Å². The Balaban J connectivity index is 1.56. The Kier molecular flexibility index (Phi) is 5.83. The molecule has 0 fully saturated rings. The van der Waals surface area contributed by atoms with Crippen molar-refractivity contribution in [1.29, 1.82) is 0 Å². The predicted octanol–water partition coefficient (Wildman–Crippen LogP) is 3.28. The highest BCUT2D eigenvalue weighted by atomic mass is 32.2. The number of hydrogen-bond acceptors (Lipinski definition) is 5. The molecule has 1 heterocycles. The first kappa shape index (κ1) is 18.6. The molecule has 0 saturated heterocycles. The van der Waals surface area contributed by atoms with Crippen molar-refractivity contribution in [3.63, 3.8) is 0 Å². The van der Waals surface area contributed by atoms with Crippen LogP contribution in [0.3, 0.4) is 0 Å². The van der Waals surface area contributed by atoms with Crippen molar-refractivity contribution < 1.29 is 13.2 Å². The van der Waals surface area contributed by atoms with Crippen LogP contribution in [-0.2, 0) is 16.6 Å². The van der Waals surface area contributed by atoms with Crippen molar-refractivity contribution in [3.8, 4) is 5.75 Å². The zero-order chi connectivity index (χ0) is 19.1. The molecule has 1 N–H and O–H groups in total. The summed E-state index contributed by atoms with van der Waals surface area (Å²) in [6.45, 7) is 2.34. The number of hydrazone groups is 1. The number of nitrogens with zero attached hydrogens (tertiary/aromatic N) is 2. The number of aryl methyl sites for hydroxylation is 1. The standard InChI is InChI=1S/C20H19N3O3S/c1-16-7-11-20(12-8-16)27(24,25)23-22-13-18-9-10-19(14-21-18)26-15-17-5-3-2-4-6-17/h2-14,23H,15H2,1H3/b22-13+. The summed E-state index contributed by atoms with van der Waals surface area (Å²) in [6.07, 6.45) is 2.91. The second-order valence-corrected chi connectivity index (χ2v) is 7.52. The van der Waals surface area contributed by atoms with Gasteiger partial charge < -0.3 is 4.74 Å². The Morgan fingerprint density at radius 2 is 1.78 bits per heavy atom. The Morgan fingerprint density at radius 1 is 1.04 bits per heavy atom. The lowest BCUT2D eigenvalue weighted by molar-refractivity contribution is 0.305. The number of aromatic nitrogens is 1. The number of benzene rings is 2. The van der Waals surface area contributed by atoms with E-state index in [1.807, 2.05) is 37.3 Å². The molecule has 0 spiro atoms. The number of rotatable bonds is 7. The SMILES string of the molecule is Cc1ccc(S(=O)(=O)N/N=C/c2ccc(OCc3ccccc3)cn2)cc1. The van der Waals surface area contributed by atoms with E-state index < -0.39 is 10.0 Å². The van der Waals surface area contributed by atoms with Crippen molar-refractivity contribution in [3.05, 3.63) is 89.7 Å². The van der Waals surface area contributed by atoms with E-state index in [-0.39, 0.29) is 4.90 Å². The Morgan fingerprint density at radius 3 is 2.44 bits per heavy atom. The zero-order valence-corrected chi connectivity index (χ0v) is 15.6. The molecule has 3 rings (SSSR count). The van der Waals surface area contributed by atoms with Crippen molar-refractivity contribution in [2.75, 3.05) is 0 Å². The summed E-state index contributed by atoms with van der Waals surface area (Å²) in [4.78, 5) is 6.52. The van der Waals surface area contributed by atoms with Gasteiger partial charge in [-0.25, -0.2) is 4.83 Å². The molecular formula is C20H19N3O3S. The molecule has 0 saturated carbocycles. The van der Waals surface area contributed by atoms with E-state index in [0.29, 0.717) is 18.1 Å². The van der Waals surface area contributed by atoms with Gasteiger partial charge in [-0.3, -0.25) is 4.98 Å². The third kappa shape index (κ3) is 5.39. The second-order valence-electron chi connectivity index (χ2n) is 5.86. The van der Waals surface area contributed by atoms with Crippen LogP contribution in [0.4, 0.5) is 0 Å². The van der Waals surface area contributed by atoms with Crippen LogP contribution in [-0.4, -0.2) is 19.6 Å². The van der Waals surface area contributed by atoms with Crippen LogP contribution in [0, 0.1) is 6.92 Å². The molecule has 0 radical (unpaired) electrons. The van der Waals surface area contributed by atoms with Gasteiger partial charge in [-0.15, -0.1) is 0 Å². The fraction of sp³-hybridized carbons (Fsp3) is 0.100. The minimum Gasteiger partial charge on any atom is -0.487 e. The molecule has 0 bridgehead atoms. The topological polar surface area (TPSA) is 80.7 Å². The normalized spacial score (nSPS) is 11.4. The highest BCUT2D eigenvalue weighted by molar-refractivity contribution is 7.89. The van der Waals surface area contributed by atoms with Crippen molar-refractivity contribution >= 4 is 16.2 Å². The molecule has 3 aromatic rings. The summed E-state index contributed by atoms with van der Waals surface area (Å²) in [5.41, 5.74) is 2.55. The molecule has 138 valence electrons. The first-order chi connectivity index (χ1) is 13.0. The second kappa shape index (κ2) is 8.46. The molecule has 0 atom stereocenters. The lowest BCUT2D eigenvalue weighted by Gasteiger charge is -2.06. The Hall–Kier alpha value is -3.19. The van der Waals surface area contributed by atoms with E-state index in [1.165, 1.54) is 18.3 Å². The number of nitrogens with one attached hydrogen (secondary N) is 1. The van der Waals surface area contributed by atoms with Crippen LogP contribution in [0.5, 0.6) is 5.75 Å². The summed E-state index contributed by atoms with van der Waals surface area (Å²) in [5, 5.41) is 3.77. The predicted molar refractivity (Wildman–Crippen MR) is 104 cm³/mol. The minimum absolute atomic E-state index is 0.155. The first-order valence-corrected chi connectivity index (χ1v) is 9.75. The van der Waals surface area contributed by atoms with Gasteiger partial charge in [0.2, 0.25) is 0 Å². The fourth-order valence-electron chi connectivity index (χ4n) is 2.23. The average molecular weight is 381 g/mol. The maximum absolute atomic E-state index is 12.1. The van der Waals surface area contributed by atoms with Gasteiger partial charge in [-0.2, -0.15) is 13.5 Å². The van der Waals surface area contributed by atoms with Crippen molar-refractivity contribution in [2.45, 2.75) is 18.4 Å². The molecule has 27 heavy (non-hydrogen) atoms. The van der Waals surface area contributed by atoms with Crippen LogP contribution < -0.4 is 9.57 Å².